The van der Waals surface area contributed by atoms with E-state index >= 15 is 0 Å². The Kier molecular flexibility index (Phi) is 6.32. The molecule has 1 aliphatic heterocycles. The van der Waals surface area contributed by atoms with Gasteiger partial charge in [0.25, 0.3) is 5.91 Å². The molecule has 1 saturated carbocycles. The molecule has 0 aromatic heterocycles. The molecular weight excluding hydrogens is 442 g/mol. The van der Waals surface area contributed by atoms with Gasteiger partial charge in [0.05, 0.1) is 17.4 Å². The van der Waals surface area contributed by atoms with Crippen LogP contribution in [0, 0.1) is 30.6 Å². The third-order valence-electron chi connectivity index (χ3n) is 7.56. The minimum atomic E-state index is -0.930. The van der Waals surface area contributed by atoms with Crippen molar-refractivity contribution in [1.29, 1.82) is 0 Å². The second-order valence-corrected chi connectivity index (χ2v) is 9.93. The van der Waals surface area contributed by atoms with Crippen molar-refractivity contribution < 1.29 is 19.5 Å². The minimum Gasteiger partial charge on any atom is -0.481 e. The Bertz CT molecular complexity index is 1170. The van der Waals surface area contributed by atoms with E-state index in [0.717, 1.165) is 37.2 Å². The third-order valence-corrected chi connectivity index (χ3v) is 7.56. The number of fused-ring (bicyclic) bond motifs is 2. The predicted octanol–water partition coefficient (Wildman–Crippen LogP) is 4.70. The molecule has 3 N–H and O–H groups in total. The highest BCUT2D eigenvalue weighted by Gasteiger charge is 2.51. The van der Waals surface area contributed by atoms with E-state index in [-0.39, 0.29) is 23.7 Å². The van der Waals surface area contributed by atoms with E-state index in [0.29, 0.717) is 23.4 Å². The first-order valence-electron chi connectivity index (χ1n) is 12.4. The maximum atomic E-state index is 13.4. The summed E-state index contributed by atoms with van der Waals surface area (Å²) in [7, 11) is 0. The van der Waals surface area contributed by atoms with Crippen LogP contribution >= 0.6 is 0 Å². The molecule has 2 aliphatic carbocycles. The standard InChI is InChI=1S/C28H31N3O4/c1-17-5-9-20(10-6-17)29-26(32)22-16-21(11-12-23(22)31-13-3-2-4-14-31)30-27(33)24-18-7-8-19(15-18)25(24)28(34)35/h5-12,16,18-19,24-25H,2-4,13-15H2,1H3,(H,29,32)(H,30,33)(H,34,35). The second kappa shape index (κ2) is 9.56. The fraction of sp³-hybridized carbons (Fsp3) is 0.393. The number of carbonyl (C=O) groups excluding carboxylic acids is 2. The van der Waals surface area contributed by atoms with E-state index in [1.807, 2.05) is 55.5 Å². The fourth-order valence-corrected chi connectivity index (χ4v) is 5.78. The van der Waals surface area contributed by atoms with Gasteiger partial charge in [-0.15, -0.1) is 0 Å². The number of nitrogens with one attached hydrogen (secondary N) is 2. The van der Waals surface area contributed by atoms with Crippen molar-refractivity contribution in [3.8, 4) is 0 Å². The van der Waals surface area contributed by atoms with Gasteiger partial charge in [0.2, 0.25) is 5.91 Å². The molecule has 0 radical (unpaired) electrons. The zero-order chi connectivity index (χ0) is 24.5. The molecule has 7 heteroatoms. The number of rotatable bonds is 6. The highest BCUT2D eigenvalue weighted by molar-refractivity contribution is 6.09. The minimum absolute atomic E-state index is 0.0574. The third kappa shape index (κ3) is 4.67. The van der Waals surface area contributed by atoms with Gasteiger partial charge in [-0.05, 0) is 74.8 Å². The van der Waals surface area contributed by atoms with Gasteiger partial charge in [-0.1, -0.05) is 29.8 Å². The Morgan fingerprint density at radius 1 is 0.857 bits per heavy atom. The Morgan fingerprint density at radius 2 is 1.51 bits per heavy atom. The van der Waals surface area contributed by atoms with Crippen LogP contribution in [0.1, 0.15) is 41.6 Å². The van der Waals surface area contributed by atoms with Gasteiger partial charge in [-0.2, -0.15) is 0 Å². The zero-order valence-electron chi connectivity index (χ0n) is 19.9. The number of carboxylic acids is 1. The van der Waals surface area contributed by atoms with Crippen LogP contribution in [0.2, 0.25) is 0 Å². The fourth-order valence-electron chi connectivity index (χ4n) is 5.78. The number of carboxylic acid groups (broad SMARTS) is 1. The van der Waals surface area contributed by atoms with Gasteiger partial charge in [0.1, 0.15) is 0 Å². The summed E-state index contributed by atoms with van der Waals surface area (Å²) < 4.78 is 0. The SMILES string of the molecule is Cc1ccc(NC(=O)c2cc(NC(=O)C3C4C=CC(C4)C3C(=O)O)ccc2N2CCCCC2)cc1. The monoisotopic (exact) mass is 473 g/mol. The summed E-state index contributed by atoms with van der Waals surface area (Å²) in [4.78, 5) is 40.6. The molecule has 0 spiro atoms. The van der Waals surface area contributed by atoms with Crippen molar-refractivity contribution in [2.75, 3.05) is 28.6 Å². The maximum absolute atomic E-state index is 13.4. The predicted molar refractivity (Wildman–Crippen MR) is 136 cm³/mol. The molecule has 182 valence electrons. The highest BCUT2D eigenvalue weighted by Crippen LogP contribution is 2.48. The van der Waals surface area contributed by atoms with Crippen molar-refractivity contribution in [2.45, 2.75) is 32.6 Å². The summed E-state index contributed by atoms with van der Waals surface area (Å²) in [5.41, 5.74) is 3.65. The number of amides is 2. The average Bonchev–Trinajstić information content (AvgIpc) is 3.48. The summed E-state index contributed by atoms with van der Waals surface area (Å²) in [5, 5.41) is 15.6. The summed E-state index contributed by atoms with van der Waals surface area (Å²) >= 11 is 0. The molecule has 35 heavy (non-hydrogen) atoms. The Morgan fingerprint density at radius 3 is 2.20 bits per heavy atom. The topological polar surface area (TPSA) is 98.7 Å². The first-order chi connectivity index (χ1) is 16.9. The molecule has 4 unspecified atom stereocenters. The molecule has 2 bridgehead atoms. The van der Waals surface area contributed by atoms with Gasteiger partial charge in [-0.25, -0.2) is 0 Å². The largest absolute Gasteiger partial charge is 0.481 e. The number of benzene rings is 2. The van der Waals surface area contributed by atoms with Crippen LogP contribution in [0.15, 0.2) is 54.6 Å². The number of anilines is 3. The van der Waals surface area contributed by atoms with Crippen molar-refractivity contribution in [1.82, 2.24) is 0 Å². The van der Waals surface area contributed by atoms with Gasteiger partial charge in [-0.3, -0.25) is 14.4 Å². The van der Waals surface area contributed by atoms with Crippen LogP contribution in [0.4, 0.5) is 17.1 Å². The molecular formula is C28H31N3O4. The first-order valence-corrected chi connectivity index (χ1v) is 12.4. The molecule has 5 rings (SSSR count). The molecule has 2 amide bonds. The van der Waals surface area contributed by atoms with E-state index in [4.69, 9.17) is 0 Å². The molecule has 2 aromatic rings. The van der Waals surface area contributed by atoms with Crippen molar-refractivity contribution in [3.05, 3.63) is 65.7 Å². The number of aryl methyl sites for hydroxylation is 1. The number of allylic oxidation sites excluding steroid dienone is 2. The van der Waals surface area contributed by atoms with Gasteiger partial charge in [0.15, 0.2) is 0 Å². The number of aliphatic carboxylic acids is 1. The molecule has 2 aromatic carbocycles. The van der Waals surface area contributed by atoms with Crippen LogP contribution in [0.3, 0.4) is 0 Å². The molecule has 1 heterocycles. The smallest absolute Gasteiger partial charge is 0.307 e. The molecule has 7 nitrogen and oxygen atoms in total. The Hall–Kier alpha value is -3.61. The van der Waals surface area contributed by atoms with E-state index < -0.39 is 17.8 Å². The second-order valence-electron chi connectivity index (χ2n) is 9.93. The van der Waals surface area contributed by atoms with E-state index in [9.17, 15) is 19.5 Å². The van der Waals surface area contributed by atoms with Crippen molar-refractivity contribution in [3.63, 3.8) is 0 Å². The lowest BCUT2D eigenvalue weighted by Crippen LogP contribution is -2.36. The lowest BCUT2D eigenvalue weighted by Gasteiger charge is -2.31. The number of carbonyl (C=O) groups is 3. The van der Waals surface area contributed by atoms with Crippen molar-refractivity contribution in [2.24, 2.45) is 23.7 Å². The number of nitrogens with zero attached hydrogens (tertiary/aromatic N) is 1. The summed E-state index contributed by atoms with van der Waals surface area (Å²) in [6.07, 6.45) is 7.92. The van der Waals surface area contributed by atoms with Gasteiger partial charge in [0, 0.05) is 30.2 Å². The number of hydrogen-bond acceptors (Lipinski definition) is 4. The highest BCUT2D eigenvalue weighted by atomic mass is 16.4. The summed E-state index contributed by atoms with van der Waals surface area (Å²) in [6.45, 7) is 3.76. The Labute approximate surface area is 205 Å². The van der Waals surface area contributed by atoms with Crippen LogP contribution in [-0.2, 0) is 9.59 Å². The first kappa shape index (κ1) is 23.1. The van der Waals surface area contributed by atoms with Crippen molar-refractivity contribution >= 4 is 34.8 Å². The van der Waals surface area contributed by atoms with E-state index in [1.165, 1.54) is 6.42 Å². The quantitative estimate of drug-likeness (QED) is 0.528. The molecule has 4 atom stereocenters. The van der Waals surface area contributed by atoms with E-state index in [2.05, 4.69) is 15.5 Å². The van der Waals surface area contributed by atoms with Crippen LogP contribution in [0.25, 0.3) is 0 Å². The Balaban J connectivity index is 1.41. The van der Waals surface area contributed by atoms with E-state index in [1.54, 1.807) is 6.07 Å². The molecule has 2 fully saturated rings. The number of hydrogen-bond donors (Lipinski definition) is 3. The molecule has 3 aliphatic rings. The van der Waals surface area contributed by atoms with Crippen LogP contribution in [0.5, 0.6) is 0 Å². The van der Waals surface area contributed by atoms with Gasteiger partial charge >= 0.3 is 5.97 Å². The molecule has 1 saturated heterocycles. The van der Waals surface area contributed by atoms with Gasteiger partial charge < -0.3 is 20.6 Å². The summed E-state index contributed by atoms with van der Waals surface area (Å²) in [5.74, 6) is -2.93. The summed E-state index contributed by atoms with van der Waals surface area (Å²) in [6, 6.07) is 13.0. The normalized spacial score (nSPS) is 24.9. The van der Waals surface area contributed by atoms with Crippen LogP contribution < -0.4 is 15.5 Å². The van der Waals surface area contributed by atoms with Crippen LogP contribution in [-0.4, -0.2) is 36.0 Å². The lowest BCUT2D eigenvalue weighted by molar-refractivity contribution is -0.146. The zero-order valence-corrected chi connectivity index (χ0v) is 19.9. The average molecular weight is 474 g/mol. The lowest BCUT2D eigenvalue weighted by atomic mass is 9.82. The maximum Gasteiger partial charge on any atom is 0.307 e. The number of piperidine rings is 1.